The Kier molecular flexibility index (Phi) is 4.59. The van der Waals surface area contributed by atoms with Crippen LogP contribution in [-0.2, 0) is 11.0 Å². The summed E-state index contributed by atoms with van der Waals surface area (Å²) in [6, 6.07) is 7.11. The number of nitrogens with two attached hydrogens (primary N) is 1. The van der Waals surface area contributed by atoms with Crippen LogP contribution < -0.4 is 11.2 Å². The minimum absolute atomic E-state index is 0.138. The maximum atomic E-state index is 12.5. The Hall–Kier alpha value is -2.23. The van der Waals surface area contributed by atoms with Crippen molar-refractivity contribution >= 4 is 23.4 Å². The number of nitrogens with zero attached hydrogens (tertiary/aromatic N) is 3. The molecule has 2 rings (SSSR count). The molecule has 0 unspecified atom stereocenters. The van der Waals surface area contributed by atoms with Crippen molar-refractivity contribution in [2.24, 2.45) is 0 Å². The summed E-state index contributed by atoms with van der Waals surface area (Å²) in [5.41, 5.74) is 1.64. The fraction of sp³-hybridized carbons (Fsp3) is 0.250. The molecule has 0 saturated heterocycles. The average molecular weight is 331 g/mol. The van der Waals surface area contributed by atoms with Gasteiger partial charge in [0.05, 0.1) is 5.75 Å². The standard InChI is InChI=1S/C12H12F3N5OS/c1-7-2-4-8(5-3-7)17-9(21)6-22-11-19-18-10(20(11)16)12(13,14)15/h2-5H,6,16H2,1H3,(H,17,21). The van der Waals surface area contributed by atoms with E-state index >= 15 is 0 Å². The number of nitrogens with one attached hydrogen (secondary N) is 1. The van der Waals surface area contributed by atoms with Crippen LogP contribution in [-0.4, -0.2) is 26.5 Å². The van der Waals surface area contributed by atoms with Gasteiger partial charge in [0.15, 0.2) is 0 Å². The van der Waals surface area contributed by atoms with Crippen molar-refractivity contribution in [3.63, 3.8) is 0 Å². The van der Waals surface area contributed by atoms with Crippen molar-refractivity contribution in [1.82, 2.24) is 14.9 Å². The summed E-state index contributed by atoms with van der Waals surface area (Å²) in [6.45, 7) is 1.91. The summed E-state index contributed by atoms with van der Waals surface area (Å²) in [4.78, 5) is 11.7. The van der Waals surface area contributed by atoms with Crippen molar-refractivity contribution in [2.75, 3.05) is 16.9 Å². The Morgan fingerprint density at radius 1 is 1.32 bits per heavy atom. The van der Waals surface area contributed by atoms with Gasteiger partial charge in [-0.25, -0.2) is 4.68 Å². The number of alkyl halides is 3. The summed E-state index contributed by atoms with van der Waals surface area (Å²) in [7, 11) is 0. The van der Waals surface area contributed by atoms with Gasteiger partial charge in [-0.3, -0.25) is 4.79 Å². The number of halogens is 3. The summed E-state index contributed by atoms with van der Waals surface area (Å²) >= 11 is 0.767. The van der Waals surface area contributed by atoms with Crippen molar-refractivity contribution in [2.45, 2.75) is 18.3 Å². The van der Waals surface area contributed by atoms with Gasteiger partial charge in [0.1, 0.15) is 0 Å². The number of thioether (sulfide) groups is 1. The number of amides is 1. The van der Waals surface area contributed by atoms with E-state index in [4.69, 9.17) is 5.84 Å². The maximum Gasteiger partial charge on any atom is 0.453 e. The normalized spacial score (nSPS) is 11.5. The third-order valence-electron chi connectivity index (χ3n) is 2.59. The van der Waals surface area contributed by atoms with Gasteiger partial charge in [-0.1, -0.05) is 29.5 Å². The Balaban J connectivity index is 1.94. The van der Waals surface area contributed by atoms with Crippen LogP contribution in [0.1, 0.15) is 11.4 Å². The van der Waals surface area contributed by atoms with Crippen LogP contribution in [0.25, 0.3) is 0 Å². The first kappa shape index (κ1) is 16.1. The molecule has 118 valence electrons. The first-order valence-corrected chi connectivity index (χ1v) is 7.03. The number of hydrogen-bond donors (Lipinski definition) is 2. The highest BCUT2D eigenvalue weighted by molar-refractivity contribution is 7.99. The van der Waals surface area contributed by atoms with E-state index in [9.17, 15) is 18.0 Å². The molecule has 0 aliphatic rings. The molecule has 0 radical (unpaired) electrons. The Labute approximate surface area is 127 Å². The lowest BCUT2D eigenvalue weighted by atomic mass is 10.2. The molecule has 1 heterocycles. The number of hydrogen-bond acceptors (Lipinski definition) is 5. The van der Waals surface area contributed by atoms with Crippen molar-refractivity contribution < 1.29 is 18.0 Å². The van der Waals surface area contributed by atoms with Gasteiger partial charge in [-0.2, -0.15) is 13.2 Å². The van der Waals surface area contributed by atoms with E-state index in [0.717, 1.165) is 17.3 Å². The fourth-order valence-electron chi connectivity index (χ4n) is 1.53. The zero-order chi connectivity index (χ0) is 16.3. The van der Waals surface area contributed by atoms with E-state index in [1.54, 1.807) is 12.1 Å². The number of aromatic nitrogens is 3. The number of nitrogen functional groups attached to an aromatic ring is 1. The van der Waals surface area contributed by atoms with E-state index in [0.29, 0.717) is 10.4 Å². The second kappa shape index (κ2) is 6.26. The summed E-state index contributed by atoms with van der Waals surface area (Å²) in [5.74, 6) is 3.43. The van der Waals surface area contributed by atoms with Crippen molar-refractivity contribution in [1.29, 1.82) is 0 Å². The zero-order valence-corrected chi connectivity index (χ0v) is 12.2. The summed E-state index contributed by atoms with van der Waals surface area (Å²) in [6.07, 6.45) is -4.69. The molecule has 6 nitrogen and oxygen atoms in total. The molecule has 0 aliphatic carbocycles. The van der Waals surface area contributed by atoms with Crippen LogP contribution in [0.4, 0.5) is 18.9 Å². The van der Waals surface area contributed by atoms with Crippen LogP contribution in [0, 0.1) is 6.92 Å². The molecule has 0 spiro atoms. The predicted molar refractivity (Wildman–Crippen MR) is 75.7 cm³/mol. The Morgan fingerprint density at radius 2 is 1.95 bits per heavy atom. The molecule has 0 bridgehead atoms. The maximum absolute atomic E-state index is 12.5. The third kappa shape index (κ3) is 3.91. The lowest BCUT2D eigenvalue weighted by Gasteiger charge is -2.07. The van der Waals surface area contributed by atoms with E-state index in [1.165, 1.54) is 0 Å². The number of anilines is 1. The minimum Gasteiger partial charge on any atom is -0.335 e. The molecule has 1 aromatic heterocycles. The van der Waals surface area contributed by atoms with Crippen molar-refractivity contribution in [3.8, 4) is 0 Å². The van der Waals surface area contributed by atoms with Crippen LogP contribution in [0.15, 0.2) is 29.4 Å². The molecule has 0 atom stereocenters. The SMILES string of the molecule is Cc1ccc(NC(=O)CSc2nnc(C(F)(F)F)n2N)cc1. The number of rotatable bonds is 4. The molecule has 3 N–H and O–H groups in total. The largest absolute Gasteiger partial charge is 0.453 e. The second-order valence-corrected chi connectivity index (χ2v) is 5.32. The van der Waals surface area contributed by atoms with Gasteiger partial charge < -0.3 is 11.2 Å². The first-order valence-electron chi connectivity index (χ1n) is 6.04. The van der Waals surface area contributed by atoms with E-state index in [-0.39, 0.29) is 16.8 Å². The number of carbonyl (C=O) groups excluding carboxylic acids is 1. The smallest absolute Gasteiger partial charge is 0.335 e. The molecular formula is C12H12F3N5OS. The third-order valence-corrected chi connectivity index (χ3v) is 3.53. The highest BCUT2D eigenvalue weighted by atomic mass is 32.2. The number of benzene rings is 1. The molecule has 0 aliphatic heterocycles. The Bertz CT molecular complexity index is 668. The first-order chi connectivity index (χ1) is 10.3. The average Bonchev–Trinajstić information content (AvgIpc) is 2.80. The van der Waals surface area contributed by atoms with Crippen LogP contribution in [0.2, 0.25) is 0 Å². The molecule has 10 heteroatoms. The minimum atomic E-state index is -4.69. The molecule has 0 fully saturated rings. The molecule has 2 aromatic rings. The van der Waals surface area contributed by atoms with Crippen LogP contribution in [0.3, 0.4) is 0 Å². The van der Waals surface area contributed by atoms with Gasteiger partial charge in [-0.05, 0) is 19.1 Å². The fourth-order valence-corrected chi connectivity index (χ4v) is 2.19. The summed E-state index contributed by atoms with van der Waals surface area (Å²) in [5, 5.41) is 8.72. The van der Waals surface area contributed by atoms with E-state index < -0.39 is 12.0 Å². The topological polar surface area (TPSA) is 85.8 Å². The highest BCUT2D eigenvalue weighted by Gasteiger charge is 2.38. The predicted octanol–water partition coefficient (Wildman–Crippen LogP) is 2.05. The van der Waals surface area contributed by atoms with Gasteiger partial charge in [0.25, 0.3) is 5.82 Å². The zero-order valence-electron chi connectivity index (χ0n) is 11.4. The number of aryl methyl sites for hydroxylation is 1. The quantitative estimate of drug-likeness (QED) is 0.661. The van der Waals surface area contributed by atoms with Gasteiger partial charge in [0.2, 0.25) is 11.1 Å². The van der Waals surface area contributed by atoms with E-state index in [2.05, 4.69) is 15.5 Å². The second-order valence-electron chi connectivity index (χ2n) is 4.38. The molecule has 1 amide bonds. The van der Waals surface area contributed by atoms with Gasteiger partial charge in [-0.15, -0.1) is 10.2 Å². The lowest BCUT2D eigenvalue weighted by molar-refractivity contribution is -0.146. The van der Waals surface area contributed by atoms with Gasteiger partial charge >= 0.3 is 6.18 Å². The molecule has 0 saturated carbocycles. The van der Waals surface area contributed by atoms with Gasteiger partial charge in [0, 0.05) is 5.69 Å². The Morgan fingerprint density at radius 3 is 2.50 bits per heavy atom. The molecule has 1 aromatic carbocycles. The number of carbonyl (C=O) groups is 1. The lowest BCUT2D eigenvalue weighted by Crippen LogP contribution is -2.22. The summed E-state index contributed by atoms with van der Waals surface area (Å²) < 4.78 is 37.8. The monoisotopic (exact) mass is 331 g/mol. The molecule has 22 heavy (non-hydrogen) atoms. The van der Waals surface area contributed by atoms with E-state index in [1.807, 2.05) is 19.1 Å². The molecular weight excluding hydrogens is 319 g/mol. The van der Waals surface area contributed by atoms with Crippen LogP contribution in [0.5, 0.6) is 0 Å². The highest BCUT2D eigenvalue weighted by Crippen LogP contribution is 2.28. The van der Waals surface area contributed by atoms with Crippen LogP contribution >= 0.6 is 11.8 Å². The van der Waals surface area contributed by atoms with Crippen molar-refractivity contribution in [3.05, 3.63) is 35.7 Å².